The Morgan fingerprint density at radius 1 is 1.36 bits per heavy atom. The maximum atomic E-state index is 13.1. The lowest BCUT2D eigenvalue weighted by molar-refractivity contribution is -0.142. The van der Waals surface area contributed by atoms with Crippen LogP contribution in [0.1, 0.15) is 50.8 Å². The molecule has 0 aliphatic carbocycles. The molecule has 0 fully saturated rings. The van der Waals surface area contributed by atoms with Crippen molar-refractivity contribution in [2.45, 2.75) is 51.2 Å². The molecule has 1 heterocycles. The van der Waals surface area contributed by atoms with Crippen LogP contribution in [0.2, 0.25) is 0 Å². The zero-order valence-electron chi connectivity index (χ0n) is 14.4. The average Bonchev–Trinajstić information content (AvgIpc) is 2.92. The van der Waals surface area contributed by atoms with E-state index in [-0.39, 0.29) is 30.9 Å². The van der Waals surface area contributed by atoms with Crippen molar-refractivity contribution in [3.63, 3.8) is 0 Å². The molecule has 0 radical (unpaired) electrons. The second-order valence-electron chi connectivity index (χ2n) is 6.61. The van der Waals surface area contributed by atoms with Gasteiger partial charge in [0, 0.05) is 5.56 Å². The summed E-state index contributed by atoms with van der Waals surface area (Å²) in [6, 6.07) is 0. The van der Waals surface area contributed by atoms with E-state index < -0.39 is 35.1 Å². The van der Waals surface area contributed by atoms with Crippen LogP contribution in [-0.4, -0.2) is 34.1 Å². The zero-order valence-corrected chi connectivity index (χ0v) is 14.4. The molecule has 25 heavy (non-hydrogen) atoms. The van der Waals surface area contributed by atoms with E-state index >= 15 is 0 Å². The summed E-state index contributed by atoms with van der Waals surface area (Å²) in [6.07, 6.45) is -3.53. The SMILES string of the molecule is CC(C)CC(C)(NC(=O)C(CCN)c1cn[nH]c1C(F)(F)F)C(N)=O. The van der Waals surface area contributed by atoms with Crippen LogP contribution >= 0.6 is 0 Å². The first kappa shape index (κ1) is 20.9. The highest BCUT2D eigenvalue weighted by molar-refractivity contribution is 5.92. The molecule has 0 spiro atoms. The van der Waals surface area contributed by atoms with E-state index in [1.165, 1.54) is 6.92 Å². The number of nitrogens with zero attached hydrogens (tertiary/aromatic N) is 1. The number of aromatic amines is 1. The number of aromatic nitrogens is 2. The summed E-state index contributed by atoms with van der Waals surface area (Å²) in [4.78, 5) is 24.4. The monoisotopic (exact) mass is 363 g/mol. The highest BCUT2D eigenvalue weighted by Crippen LogP contribution is 2.35. The molecular weight excluding hydrogens is 339 g/mol. The Balaban J connectivity index is 3.17. The number of primary amides is 1. The predicted octanol–water partition coefficient (Wildman–Crippen LogP) is 1.27. The number of H-pyrrole nitrogens is 1. The molecule has 1 rings (SSSR count). The van der Waals surface area contributed by atoms with E-state index in [0.29, 0.717) is 0 Å². The fraction of sp³-hybridized carbons (Fsp3) is 0.667. The summed E-state index contributed by atoms with van der Waals surface area (Å²) < 4.78 is 39.2. The molecule has 7 nitrogen and oxygen atoms in total. The normalized spacial score (nSPS) is 15.7. The number of carbonyl (C=O) groups is 2. The Hall–Kier alpha value is -2.10. The molecule has 0 bridgehead atoms. The van der Waals surface area contributed by atoms with Crippen LogP contribution in [0.3, 0.4) is 0 Å². The van der Waals surface area contributed by atoms with Gasteiger partial charge in [-0.2, -0.15) is 18.3 Å². The minimum absolute atomic E-state index is 0.0158. The number of hydrogen-bond donors (Lipinski definition) is 4. The number of nitrogens with two attached hydrogens (primary N) is 2. The first-order chi connectivity index (χ1) is 11.4. The molecular formula is C15H24F3N5O2. The van der Waals surface area contributed by atoms with Crippen LogP contribution in [-0.2, 0) is 15.8 Å². The van der Waals surface area contributed by atoms with Gasteiger partial charge in [0.2, 0.25) is 11.8 Å². The van der Waals surface area contributed by atoms with Crippen LogP contribution in [0, 0.1) is 5.92 Å². The van der Waals surface area contributed by atoms with Crippen molar-refractivity contribution in [3.8, 4) is 0 Å². The lowest BCUT2D eigenvalue weighted by atomic mass is 9.87. The Bertz CT molecular complexity index is 615. The van der Waals surface area contributed by atoms with Gasteiger partial charge >= 0.3 is 6.18 Å². The maximum Gasteiger partial charge on any atom is 0.433 e. The van der Waals surface area contributed by atoms with Gasteiger partial charge in [-0.05, 0) is 32.2 Å². The second kappa shape index (κ2) is 7.85. The van der Waals surface area contributed by atoms with Crippen molar-refractivity contribution in [2.24, 2.45) is 17.4 Å². The number of halogens is 3. The molecule has 0 aliphatic rings. The van der Waals surface area contributed by atoms with Gasteiger partial charge in [0.05, 0.1) is 12.1 Å². The fourth-order valence-electron chi connectivity index (χ4n) is 2.77. The lowest BCUT2D eigenvalue weighted by Crippen LogP contribution is -2.57. The van der Waals surface area contributed by atoms with Crippen molar-refractivity contribution in [1.82, 2.24) is 15.5 Å². The van der Waals surface area contributed by atoms with Gasteiger partial charge in [0.15, 0.2) is 0 Å². The van der Waals surface area contributed by atoms with Gasteiger partial charge in [-0.3, -0.25) is 14.7 Å². The molecule has 1 aromatic heterocycles. The van der Waals surface area contributed by atoms with Gasteiger partial charge in [0.25, 0.3) is 0 Å². The van der Waals surface area contributed by atoms with E-state index in [9.17, 15) is 22.8 Å². The van der Waals surface area contributed by atoms with Gasteiger partial charge in [-0.1, -0.05) is 13.8 Å². The number of amides is 2. The van der Waals surface area contributed by atoms with Crippen molar-refractivity contribution in [3.05, 3.63) is 17.5 Å². The topological polar surface area (TPSA) is 127 Å². The maximum absolute atomic E-state index is 13.1. The molecule has 6 N–H and O–H groups in total. The van der Waals surface area contributed by atoms with Crippen LogP contribution < -0.4 is 16.8 Å². The second-order valence-corrected chi connectivity index (χ2v) is 6.61. The summed E-state index contributed by atoms with van der Waals surface area (Å²) >= 11 is 0. The minimum Gasteiger partial charge on any atom is -0.368 e. The number of hydrogen-bond acceptors (Lipinski definition) is 4. The number of rotatable bonds is 8. The highest BCUT2D eigenvalue weighted by Gasteiger charge is 2.41. The third-order valence-corrected chi connectivity index (χ3v) is 3.86. The Kier molecular flexibility index (Phi) is 6.58. The molecule has 0 aromatic carbocycles. The highest BCUT2D eigenvalue weighted by atomic mass is 19.4. The molecule has 0 saturated heterocycles. The predicted molar refractivity (Wildman–Crippen MR) is 85.2 cm³/mol. The lowest BCUT2D eigenvalue weighted by Gasteiger charge is -2.31. The van der Waals surface area contributed by atoms with Crippen molar-refractivity contribution in [2.75, 3.05) is 6.54 Å². The Morgan fingerprint density at radius 2 is 1.96 bits per heavy atom. The summed E-state index contributed by atoms with van der Waals surface area (Å²) in [6.45, 7) is 5.11. The van der Waals surface area contributed by atoms with E-state index in [1.54, 1.807) is 0 Å². The van der Waals surface area contributed by atoms with Gasteiger partial charge < -0.3 is 16.8 Å². The van der Waals surface area contributed by atoms with Crippen molar-refractivity contribution >= 4 is 11.8 Å². The number of alkyl halides is 3. The van der Waals surface area contributed by atoms with E-state index in [1.807, 2.05) is 18.9 Å². The third-order valence-electron chi connectivity index (χ3n) is 3.86. The summed E-state index contributed by atoms with van der Waals surface area (Å²) in [7, 11) is 0. The Labute approximate surface area is 143 Å². The third kappa shape index (κ3) is 5.18. The largest absolute Gasteiger partial charge is 0.433 e. The van der Waals surface area contributed by atoms with Crippen LogP contribution in [0.5, 0.6) is 0 Å². The smallest absolute Gasteiger partial charge is 0.368 e. The molecule has 2 unspecified atom stereocenters. The summed E-state index contributed by atoms with van der Waals surface area (Å²) in [5.41, 5.74) is 8.04. The van der Waals surface area contributed by atoms with Crippen LogP contribution in [0.25, 0.3) is 0 Å². The molecule has 0 aliphatic heterocycles. The van der Waals surface area contributed by atoms with E-state index in [2.05, 4.69) is 10.4 Å². The molecule has 142 valence electrons. The summed E-state index contributed by atoms with van der Waals surface area (Å²) in [5, 5.41) is 7.76. The van der Waals surface area contributed by atoms with Gasteiger partial charge in [-0.15, -0.1) is 0 Å². The zero-order chi connectivity index (χ0) is 19.4. The Morgan fingerprint density at radius 3 is 2.40 bits per heavy atom. The molecule has 10 heteroatoms. The van der Waals surface area contributed by atoms with Gasteiger partial charge in [-0.25, -0.2) is 0 Å². The first-order valence-corrected chi connectivity index (χ1v) is 7.84. The standard InChI is InChI=1S/C15H24F3N5O2/c1-8(2)6-14(3,13(20)25)22-12(24)9(4-5-19)10-7-21-23-11(10)15(16,17)18/h7-9H,4-6,19H2,1-3H3,(H2,20,25)(H,21,23)(H,22,24). The summed E-state index contributed by atoms with van der Waals surface area (Å²) in [5.74, 6) is -2.68. The van der Waals surface area contributed by atoms with Gasteiger partial charge in [0.1, 0.15) is 11.2 Å². The van der Waals surface area contributed by atoms with Crippen molar-refractivity contribution in [1.29, 1.82) is 0 Å². The fourth-order valence-corrected chi connectivity index (χ4v) is 2.77. The van der Waals surface area contributed by atoms with Crippen LogP contribution in [0.15, 0.2) is 6.20 Å². The quantitative estimate of drug-likeness (QED) is 0.554. The molecule has 0 saturated carbocycles. The first-order valence-electron chi connectivity index (χ1n) is 7.84. The van der Waals surface area contributed by atoms with Crippen molar-refractivity contribution < 1.29 is 22.8 Å². The number of carbonyl (C=O) groups excluding carboxylic acids is 2. The number of nitrogens with one attached hydrogen (secondary N) is 2. The molecule has 2 atom stereocenters. The van der Waals surface area contributed by atoms with Crippen LogP contribution in [0.4, 0.5) is 13.2 Å². The van der Waals surface area contributed by atoms with E-state index in [0.717, 1.165) is 6.20 Å². The average molecular weight is 363 g/mol. The molecule has 1 aromatic rings. The molecule has 2 amide bonds. The van der Waals surface area contributed by atoms with E-state index in [4.69, 9.17) is 11.5 Å². The minimum atomic E-state index is -4.69.